The van der Waals surface area contributed by atoms with Gasteiger partial charge in [0.1, 0.15) is 17.3 Å². The molecule has 2 aromatic rings. The lowest BCUT2D eigenvalue weighted by molar-refractivity contribution is 0.0785. The number of amides is 1. The number of benzene rings is 2. The molecule has 0 aliphatic carbocycles. The summed E-state index contributed by atoms with van der Waals surface area (Å²) in [5.74, 6) is -0.155. The summed E-state index contributed by atoms with van der Waals surface area (Å²) in [5, 5.41) is 10.1. The number of nitrogens with zero attached hydrogens (tertiary/aromatic N) is 1. The minimum absolute atomic E-state index is 0.103. The number of phenolic OH excluding ortho intramolecular Hbond substituents is 1. The Morgan fingerprint density at radius 2 is 1.96 bits per heavy atom. The van der Waals surface area contributed by atoms with Gasteiger partial charge in [-0.05, 0) is 48.9 Å². The molecule has 2 aromatic carbocycles. The zero-order chi connectivity index (χ0) is 16.8. The van der Waals surface area contributed by atoms with Crippen LogP contribution < -0.4 is 4.74 Å². The van der Waals surface area contributed by atoms with Gasteiger partial charge >= 0.3 is 0 Å². The van der Waals surface area contributed by atoms with E-state index in [9.17, 15) is 14.3 Å². The van der Waals surface area contributed by atoms with Crippen LogP contribution in [0.2, 0.25) is 5.02 Å². The van der Waals surface area contributed by atoms with Crippen LogP contribution in [0.4, 0.5) is 4.39 Å². The first-order valence-corrected chi connectivity index (χ1v) is 7.47. The molecular weight excluding hydrogens is 321 g/mol. The summed E-state index contributed by atoms with van der Waals surface area (Å²) in [7, 11) is 1.64. The number of halogens is 2. The summed E-state index contributed by atoms with van der Waals surface area (Å²) in [6.45, 7) is 0.844. The molecule has 4 nitrogen and oxygen atoms in total. The first kappa shape index (κ1) is 17.1. The van der Waals surface area contributed by atoms with Gasteiger partial charge in [0.05, 0.1) is 12.2 Å². The van der Waals surface area contributed by atoms with Crippen molar-refractivity contribution in [1.82, 2.24) is 4.90 Å². The highest BCUT2D eigenvalue weighted by Crippen LogP contribution is 2.22. The summed E-state index contributed by atoms with van der Waals surface area (Å²) in [6, 6.07) is 10.1. The van der Waals surface area contributed by atoms with Gasteiger partial charge in [-0.1, -0.05) is 11.6 Å². The largest absolute Gasteiger partial charge is 0.507 e. The second kappa shape index (κ2) is 7.83. The summed E-state index contributed by atoms with van der Waals surface area (Å²) >= 11 is 5.84. The molecule has 0 bridgehead atoms. The van der Waals surface area contributed by atoms with Crippen LogP contribution in [0.1, 0.15) is 16.8 Å². The Balaban J connectivity index is 1.82. The first-order chi connectivity index (χ1) is 11.0. The summed E-state index contributed by atoms with van der Waals surface area (Å²) in [6.07, 6.45) is 0.598. The Bertz CT molecular complexity index is 676. The lowest BCUT2D eigenvalue weighted by atomic mass is 10.1. The van der Waals surface area contributed by atoms with Crippen molar-refractivity contribution in [2.75, 3.05) is 20.2 Å². The third-order valence-corrected chi connectivity index (χ3v) is 3.49. The summed E-state index contributed by atoms with van der Waals surface area (Å²) < 4.78 is 18.2. The van der Waals surface area contributed by atoms with Crippen LogP contribution in [0.25, 0.3) is 0 Å². The molecule has 6 heteroatoms. The van der Waals surface area contributed by atoms with Gasteiger partial charge in [0.25, 0.3) is 5.91 Å². The van der Waals surface area contributed by atoms with E-state index >= 15 is 0 Å². The lowest BCUT2D eigenvalue weighted by Gasteiger charge is -2.18. The van der Waals surface area contributed by atoms with Crippen molar-refractivity contribution in [3.8, 4) is 11.5 Å². The van der Waals surface area contributed by atoms with Gasteiger partial charge in [-0.3, -0.25) is 4.79 Å². The van der Waals surface area contributed by atoms with Crippen LogP contribution in [0, 0.1) is 5.82 Å². The zero-order valence-corrected chi connectivity index (χ0v) is 13.4. The fourth-order valence-corrected chi connectivity index (χ4v) is 2.18. The molecule has 2 rings (SSSR count). The van der Waals surface area contributed by atoms with Gasteiger partial charge in [0.2, 0.25) is 0 Å². The highest BCUT2D eigenvalue weighted by Gasteiger charge is 2.16. The Morgan fingerprint density at radius 1 is 1.26 bits per heavy atom. The highest BCUT2D eigenvalue weighted by atomic mass is 35.5. The van der Waals surface area contributed by atoms with E-state index in [0.717, 1.165) is 0 Å². The maximum atomic E-state index is 12.8. The molecule has 122 valence electrons. The molecule has 0 saturated carbocycles. The fourth-order valence-electron chi connectivity index (χ4n) is 2.01. The molecule has 0 radical (unpaired) electrons. The molecule has 0 aromatic heterocycles. The Hall–Kier alpha value is -2.27. The monoisotopic (exact) mass is 337 g/mol. The number of carbonyl (C=O) groups excluding carboxylic acids is 1. The van der Waals surface area contributed by atoms with E-state index in [4.69, 9.17) is 16.3 Å². The van der Waals surface area contributed by atoms with E-state index in [2.05, 4.69) is 0 Å². The molecule has 0 aliphatic rings. The topological polar surface area (TPSA) is 49.8 Å². The molecule has 0 saturated heterocycles. The third kappa shape index (κ3) is 4.86. The minimum Gasteiger partial charge on any atom is -0.507 e. The lowest BCUT2D eigenvalue weighted by Crippen LogP contribution is -2.28. The molecule has 0 atom stereocenters. The summed E-state index contributed by atoms with van der Waals surface area (Å²) in [4.78, 5) is 13.7. The van der Waals surface area contributed by atoms with Crippen molar-refractivity contribution in [2.24, 2.45) is 0 Å². The zero-order valence-electron chi connectivity index (χ0n) is 12.6. The molecule has 23 heavy (non-hydrogen) atoms. The standard InChI is InChI=1S/C17H17ClFNO3/c1-20(17(22)15-11-12(18)3-8-16(15)21)9-2-10-23-14-6-4-13(19)5-7-14/h3-8,11,21H,2,9-10H2,1H3. The molecular formula is C17H17ClFNO3. The summed E-state index contributed by atoms with van der Waals surface area (Å²) in [5.41, 5.74) is 0.166. The van der Waals surface area contributed by atoms with Crippen LogP contribution >= 0.6 is 11.6 Å². The SMILES string of the molecule is CN(CCCOc1ccc(F)cc1)C(=O)c1cc(Cl)ccc1O. The van der Waals surface area contributed by atoms with Crippen LogP contribution in [-0.4, -0.2) is 36.1 Å². The molecule has 0 fully saturated rings. The van der Waals surface area contributed by atoms with E-state index < -0.39 is 0 Å². The second-order valence-corrected chi connectivity index (χ2v) is 5.48. The molecule has 1 N–H and O–H groups in total. The van der Waals surface area contributed by atoms with Crippen LogP contribution in [0.5, 0.6) is 11.5 Å². The number of carbonyl (C=O) groups is 1. The van der Waals surface area contributed by atoms with Crippen molar-refractivity contribution < 1.29 is 19.0 Å². The Kier molecular flexibility index (Phi) is 5.82. The van der Waals surface area contributed by atoms with Gasteiger partial charge in [-0.15, -0.1) is 0 Å². The average Bonchev–Trinajstić information content (AvgIpc) is 2.54. The van der Waals surface area contributed by atoms with Crippen LogP contribution in [0.15, 0.2) is 42.5 Å². The quantitative estimate of drug-likeness (QED) is 0.817. The van der Waals surface area contributed by atoms with E-state index in [1.807, 2.05) is 0 Å². The van der Waals surface area contributed by atoms with Crippen molar-refractivity contribution in [2.45, 2.75) is 6.42 Å². The predicted octanol–water partition coefficient (Wildman–Crippen LogP) is 3.73. The smallest absolute Gasteiger partial charge is 0.257 e. The van der Waals surface area contributed by atoms with E-state index in [0.29, 0.717) is 30.3 Å². The minimum atomic E-state index is -0.316. The molecule has 0 heterocycles. The maximum Gasteiger partial charge on any atom is 0.257 e. The number of hydrogen-bond donors (Lipinski definition) is 1. The molecule has 0 spiro atoms. The van der Waals surface area contributed by atoms with Gasteiger partial charge in [0, 0.05) is 18.6 Å². The third-order valence-electron chi connectivity index (χ3n) is 3.26. The normalized spacial score (nSPS) is 10.4. The van der Waals surface area contributed by atoms with Crippen molar-refractivity contribution in [3.63, 3.8) is 0 Å². The van der Waals surface area contributed by atoms with Crippen LogP contribution in [0.3, 0.4) is 0 Å². The van der Waals surface area contributed by atoms with Gasteiger partial charge in [0.15, 0.2) is 0 Å². The second-order valence-electron chi connectivity index (χ2n) is 5.04. The van der Waals surface area contributed by atoms with Gasteiger partial charge < -0.3 is 14.7 Å². The maximum absolute atomic E-state index is 12.8. The molecule has 0 aliphatic heterocycles. The number of aromatic hydroxyl groups is 1. The van der Waals surface area contributed by atoms with Crippen molar-refractivity contribution >= 4 is 17.5 Å². The predicted molar refractivity (Wildman–Crippen MR) is 86.6 cm³/mol. The first-order valence-electron chi connectivity index (χ1n) is 7.09. The van der Waals surface area contributed by atoms with Gasteiger partial charge in [-0.25, -0.2) is 4.39 Å². The average molecular weight is 338 g/mol. The number of hydrogen-bond acceptors (Lipinski definition) is 3. The van der Waals surface area contributed by atoms with E-state index in [1.54, 1.807) is 19.2 Å². The Morgan fingerprint density at radius 3 is 2.65 bits per heavy atom. The van der Waals surface area contributed by atoms with E-state index in [-0.39, 0.29) is 23.0 Å². The van der Waals surface area contributed by atoms with Crippen LogP contribution in [-0.2, 0) is 0 Å². The highest BCUT2D eigenvalue weighted by molar-refractivity contribution is 6.31. The number of ether oxygens (including phenoxy) is 1. The fraction of sp³-hybridized carbons (Fsp3) is 0.235. The number of phenols is 1. The molecule has 0 unspecified atom stereocenters. The van der Waals surface area contributed by atoms with Gasteiger partial charge in [-0.2, -0.15) is 0 Å². The Labute approximate surface area is 139 Å². The van der Waals surface area contributed by atoms with E-state index in [1.165, 1.54) is 35.2 Å². The van der Waals surface area contributed by atoms with Crippen molar-refractivity contribution in [1.29, 1.82) is 0 Å². The van der Waals surface area contributed by atoms with Crippen molar-refractivity contribution in [3.05, 3.63) is 58.9 Å². The number of rotatable bonds is 6. The molecule has 1 amide bonds.